The summed E-state index contributed by atoms with van der Waals surface area (Å²) in [5.41, 5.74) is 0. The number of hydrogen-bond acceptors (Lipinski definition) is 4. The van der Waals surface area contributed by atoms with Gasteiger partial charge in [0.05, 0.1) is 5.02 Å². The van der Waals surface area contributed by atoms with E-state index in [1.807, 2.05) is 0 Å². The molecule has 7 heteroatoms. The molecule has 0 fully saturated rings. The molecule has 0 bridgehead atoms. The van der Waals surface area contributed by atoms with Crippen molar-refractivity contribution in [3.8, 4) is 11.5 Å². The summed E-state index contributed by atoms with van der Waals surface area (Å²) in [5, 5.41) is 0.785. The van der Waals surface area contributed by atoms with Gasteiger partial charge in [-0.05, 0) is 30.3 Å². The molecule has 0 saturated carbocycles. The molecule has 118 valence electrons. The zero-order valence-electron chi connectivity index (χ0n) is 11.5. The van der Waals surface area contributed by atoms with Crippen LogP contribution in [0.2, 0.25) is 15.1 Å². The zero-order valence-corrected chi connectivity index (χ0v) is 13.7. The van der Waals surface area contributed by atoms with Crippen molar-refractivity contribution in [2.24, 2.45) is 0 Å². The van der Waals surface area contributed by atoms with Crippen molar-refractivity contribution in [3.63, 3.8) is 0 Å². The Hall–Kier alpha value is -2.01. The number of carbonyl (C=O) groups excluding carboxylic acids is 2. The third kappa shape index (κ3) is 5.28. The van der Waals surface area contributed by atoms with Gasteiger partial charge in [0.1, 0.15) is 10.8 Å². The maximum atomic E-state index is 11.6. The highest BCUT2D eigenvalue weighted by atomic mass is 35.5. The molecule has 2 aromatic rings. The topological polar surface area (TPSA) is 52.6 Å². The number of benzene rings is 2. The van der Waals surface area contributed by atoms with Crippen LogP contribution in [0.5, 0.6) is 11.5 Å². The Labute approximate surface area is 147 Å². The second-order valence-corrected chi connectivity index (χ2v) is 5.41. The van der Waals surface area contributed by atoms with Crippen LogP contribution in [0.25, 0.3) is 0 Å². The van der Waals surface area contributed by atoms with Crippen LogP contribution in [0.1, 0.15) is 0 Å². The monoisotopic (exact) mass is 370 g/mol. The molecule has 0 amide bonds. The summed E-state index contributed by atoms with van der Waals surface area (Å²) in [5.74, 6) is -1.19. The van der Waals surface area contributed by atoms with Gasteiger partial charge in [-0.25, -0.2) is 9.59 Å². The van der Waals surface area contributed by atoms with Crippen molar-refractivity contribution in [1.82, 2.24) is 0 Å². The Morgan fingerprint density at radius 2 is 1.52 bits per heavy atom. The molecule has 4 nitrogen and oxygen atoms in total. The first-order valence-corrected chi connectivity index (χ1v) is 7.40. The Balaban J connectivity index is 1.95. The molecule has 2 rings (SSSR count). The minimum atomic E-state index is -0.794. The van der Waals surface area contributed by atoms with Crippen LogP contribution in [0, 0.1) is 0 Å². The lowest BCUT2D eigenvalue weighted by Crippen LogP contribution is -2.08. The Morgan fingerprint density at radius 1 is 0.870 bits per heavy atom. The summed E-state index contributed by atoms with van der Waals surface area (Å²) >= 11 is 17.5. The molecule has 0 aliphatic heterocycles. The molecule has 0 unspecified atom stereocenters. The van der Waals surface area contributed by atoms with Crippen LogP contribution >= 0.6 is 34.8 Å². The van der Waals surface area contributed by atoms with E-state index in [1.165, 1.54) is 12.1 Å². The first kappa shape index (κ1) is 17.3. The lowest BCUT2D eigenvalue weighted by atomic mass is 10.3. The fourth-order valence-electron chi connectivity index (χ4n) is 1.52. The third-order valence-electron chi connectivity index (χ3n) is 2.50. The highest BCUT2D eigenvalue weighted by Crippen LogP contribution is 2.31. The van der Waals surface area contributed by atoms with E-state index >= 15 is 0 Å². The molecule has 0 atom stereocenters. The predicted octanol–water partition coefficient (Wildman–Crippen LogP) is 4.71. The minimum Gasteiger partial charge on any atom is -0.423 e. The summed E-state index contributed by atoms with van der Waals surface area (Å²) in [7, 11) is 0. The molecular weight excluding hydrogens is 363 g/mol. The number of halogens is 3. The van der Waals surface area contributed by atoms with Gasteiger partial charge in [-0.15, -0.1) is 0 Å². The van der Waals surface area contributed by atoms with Gasteiger partial charge in [-0.2, -0.15) is 0 Å². The molecule has 0 aromatic heterocycles. The van der Waals surface area contributed by atoms with Gasteiger partial charge in [0.25, 0.3) is 0 Å². The lowest BCUT2D eigenvalue weighted by molar-refractivity contribution is -0.131. The molecule has 23 heavy (non-hydrogen) atoms. The van der Waals surface area contributed by atoms with Crippen molar-refractivity contribution in [3.05, 3.63) is 69.7 Å². The first-order chi connectivity index (χ1) is 11.0. The average Bonchev–Trinajstić information content (AvgIpc) is 2.50. The van der Waals surface area contributed by atoms with Gasteiger partial charge in [0.2, 0.25) is 0 Å². The SMILES string of the molecule is O=C(/C=C/C(=O)Oc1cccc(Cl)c1Cl)Oc1cccc(Cl)c1. The molecule has 2 aromatic carbocycles. The van der Waals surface area contributed by atoms with Crippen LogP contribution < -0.4 is 9.47 Å². The number of esters is 2. The Morgan fingerprint density at radius 3 is 2.22 bits per heavy atom. The summed E-state index contributed by atoms with van der Waals surface area (Å²) in [4.78, 5) is 23.2. The lowest BCUT2D eigenvalue weighted by Gasteiger charge is -2.04. The molecule has 0 aliphatic rings. The van der Waals surface area contributed by atoms with Crippen LogP contribution in [0.15, 0.2) is 54.6 Å². The summed E-state index contributed by atoms with van der Waals surface area (Å²) in [6.07, 6.45) is 1.85. The molecule has 0 heterocycles. The molecule has 0 spiro atoms. The summed E-state index contributed by atoms with van der Waals surface area (Å²) in [6.45, 7) is 0. The second-order valence-electron chi connectivity index (χ2n) is 4.18. The van der Waals surface area contributed by atoms with E-state index in [0.717, 1.165) is 12.2 Å². The van der Waals surface area contributed by atoms with Gasteiger partial charge in [-0.1, -0.05) is 46.9 Å². The molecule has 0 aliphatic carbocycles. The van der Waals surface area contributed by atoms with Gasteiger partial charge in [0.15, 0.2) is 5.75 Å². The van der Waals surface area contributed by atoms with Crippen molar-refractivity contribution >= 4 is 46.7 Å². The first-order valence-electron chi connectivity index (χ1n) is 6.27. The maximum absolute atomic E-state index is 11.6. The zero-order chi connectivity index (χ0) is 16.8. The van der Waals surface area contributed by atoms with Crippen LogP contribution in [0.4, 0.5) is 0 Å². The van der Waals surface area contributed by atoms with Gasteiger partial charge >= 0.3 is 11.9 Å². The fourth-order valence-corrected chi connectivity index (χ4v) is 2.03. The normalized spacial score (nSPS) is 10.6. The Bertz CT molecular complexity index is 772. The predicted molar refractivity (Wildman–Crippen MR) is 88.3 cm³/mol. The number of ether oxygens (including phenoxy) is 2. The average molecular weight is 372 g/mol. The van der Waals surface area contributed by atoms with E-state index in [2.05, 4.69) is 0 Å². The highest BCUT2D eigenvalue weighted by molar-refractivity contribution is 6.43. The van der Waals surface area contributed by atoms with E-state index in [0.29, 0.717) is 5.02 Å². The minimum absolute atomic E-state index is 0.0945. The number of carbonyl (C=O) groups is 2. The Kier molecular flexibility index (Phi) is 6.04. The quantitative estimate of drug-likeness (QED) is 0.443. The van der Waals surface area contributed by atoms with Crippen LogP contribution in [-0.4, -0.2) is 11.9 Å². The van der Waals surface area contributed by atoms with E-state index in [-0.39, 0.29) is 21.5 Å². The molecule has 0 radical (unpaired) electrons. The standard InChI is InChI=1S/C16H9Cl3O4/c17-10-3-1-4-11(9-10)22-14(20)7-8-15(21)23-13-6-2-5-12(18)16(13)19/h1-9H/b8-7+. The second kappa shape index (κ2) is 8.02. The summed E-state index contributed by atoms with van der Waals surface area (Å²) < 4.78 is 9.95. The van der Waals surface area contributed by atoms with Gasteiger partial charge in [0, 0.05) is 17.2 Å². The van der Waals surface area contributed by atoms with Crippen molar-refractivity contribution in [2.45, 2.75) is 0 Å². The van der Waals surface area contributed by atoms with Gasteiger partial charge in [-0.3, -0.25) is 0 Å². The maximum Gasteiger partial charge on any atom is 0.336 e. The summed E-state index contributed by atoms with van der Waals surface area (Å²) in [6, 6.07) is 10.9. The van der Waals surface area contributed by atoms with Crippen LogP contribution in [0.3, 0.4) is 0 Å². The fraction of sp³-hybridized carbons (Fsp3) is 0. The van der Waals surface area contributed by atoms with Crippen molar-refractivity contribution in [2.75, 3.05) is 0 Å². The largest absolute Gasteiger partial charge is 0.423 e. The molecule has 0 N–H and O–H groups in total. The van der Waals surface area contributed by atoms with E-state index in [4.69, 9.17) is 44.3 Å². The number of rotatable bonds is 4. The third-order valence-corrected chi connectivity index (χ3v) is 3.53. The van der Waals surface area contributed by atoms with Crippen molar-refractivity contribution < 1.29 is 19.1 Å². The highest BCUT2D eigenvalue weighted by Gasteiger charge is 2.09. The van der Waals surface area contributed by atoms with Crippen molar-refractivity contribution in [1.29, 1.82) is 0 Å². The molecular formula is C16H9Cl3O4. The van der Waals surface area contributed by atoms with E-state index < -0.39 is 11.9 Å². The van der Waals surface area contributed by atoms with Gasteiger partial charge < -0.3 is 9.47 Å². The number of hydrogen-bond donors (Lipinski definition) is 0. The van der Waals surface area contributed by atoms with E-state index in [9.17, 15) is 9.59 Å². The van der Waals surface area contributed by atoms with E-state index in [1.54, 1.807) is 30.3 Å². The van der Waals surface area contributed by atoms with Crippen LogP contribution in [-0.2, 0) is 9.59 Å². The molecule has 0 saturated heterocycles. The smallest absolute Gasteiger partial charge is 0.336 e.